The number of halogens is 4. The van der Waals surface area contributed by atoms with Gasteiger partial charge in [-0.1, -0.05) is 96.6 Å². The van der Waals surface area contributed by atoms with Gasteiger partial charge in [0.2, 0.25) is 59.3 Å². The number of hydrogen-bond donors (Lipinski definition) is 19. The molecule has 0 aromatic heterocycles. The highest BCUT2D eigenvalue weighted by atomic mass is 35.5. The molecule has 664 valence electrons. The number of fused-ring (bicyclic) bond motifs is 15. The van der Waals surface area contributed by atoms with Crippen LogP contribution in [0.1, 0.15) is 123 Å². The predicted molar refractivity (Wildman–Crippen MR) is 450 cm³/mol. The van der Waals surface area contributed by atoms with E-state index in [1.54, 1.807) is 58.3 Å². The Morgan fingerprint density at radius 3 is 1.94 bits per heavy atom. The second-order valence-electron chi connectivity index (χ2n) is 31.8. The highest BCUT2D eigenvalue weighted by molar-refractivity contribution is 6.42. The zero-order chi connectivity index (χ0) is 89.6. The first-order chi connectivity index (χ1) is 58.9. The van der Waals surface area contributed by atoms with Crippen LogP contribution in [-0.2, 0) is 65.7 Å². The van der Waals surface area contributed by atoms with Gasteiger partial charge in [0.1, 0.15) is 108 Å². The molecular weight excluding hydrogens is 1700 g/mol. The summed E-state index contributed by atoms with van der Waals surface area (Å²) in [7, 11) is 5.09. The average molecular weight is 1800 g/mol. The number of aromatic hydroxyl groups is 3. The molecule has 0 radical (unpaired) electrons. The van der Waals surface area contributed by atoms with Crippen molar-refractivity contribution in [3.8, 4) is 62.9 Å². The standard InChI is InChI=1S/C85H98Cl4N12O23/c1-37(2)23-53(92-5)77(111)99-68-70(106)42-13-19-57(51(88)26-42)120-59-28-44-29-60(74(59)124-84-75(73(109)72(108)61(34-90)122-84)123-63-33-85(4,76(110)38(3)119-63)94-35-39-9-15-46(16-10-39)118-36-40-11-17-49(86)50(87)24-40)121-58-20-14-43(27-52(58)89)71(107)69-83(117)98-67(79(113)93-21-8-22-101(6)7)48-30-45(102)31-56(104)64(48)47-25-41(12-18-55(47)103)65(80(114)100-69)97-81(115)66(44)96-78(112)54(32-62(91)105)95-82(68)116/h9-20,24-31,37-38,53-54,61,63,65-73,75-76,84,92,94,102-104,106-110H,8,21-23,32-36,90H2,1-7H3,(H2,91,105)(H,93,113)(H,95,116)(H,96,112)(H,97,115)(H,98,117)(H,99,111)(H,100,114)/t38?,53-,54+,61?,63?,65-,66-,67-,68-,69+,70-,71-,72?,73?,75?,76?,84?,85?/m1/s1. The van der Waals surface area contributed by atoms with Crippen molar-refractivity contribution >= 4 is 93.7 Å². The summed E-state index contributed by atoms with van der Waals surface area (Å²) >= 11 is 26.8. The van der Waals surface area contributed by atoms with Gasteiger partial charge in [-0.15, -0.1) is 0 Å². The van der Waals surface area contributed by atoms with Crippen molar-refractivity contribution in [2.45, 2.75) is 176 Å². The van der Waals surface area contributed by atoms with E-state index in [9.17, 15) is 55.2 Å². The van der Waals surface area contributed by atoms with Crippen molar-refractivity contribution < 1.29 is 112 Å². The van der Waals surface area contributed by atoms with Crippen LogP contribution in [0.25, 0.3) is 11.1 Å². The quantitative estimate of drug-likeness (QED) is 0.0383. The fourth-order valence-electron chi connectivity index (χ4n) is 15.2. The first-order valence-corrected chi connectivity index (χ1v) is 41.3. The van der Waals surface area contributed by atoms with Crippen LogP contribution in [0.15, 0.2) is 121 Å². The van der Waals surface area contributed by atoms with Gasteiger partial charge in [-0.3, -0.25) is 38.4 Å². The Labute approximate surface area is 731 Å². The maximum atomic E-state index is 16.4. The van der Waals surface area contributed by atoms with Crippen LogP contribution in [0.3, 0.4) is 0 Å². The first kappa shape index (κ1) is 92.8. The van der Waals surface area contributed by atoms with Gasteiger partial charge < -0.3 is 138 Å². The number of nitrogens with one attached hydrogen (secondary N) is 9. The number of hydrogen-bond acceptors (Lipinski definition) is 27. The molecule has 7 aromatic rings. The monoisotopic (exact) mass is 1790 g/mol. The molecule has 39 heteroatoms. The summed E-state index contributed by atoms with van der Waals surface area (Å²) in [5, 5.41) is 121. The molecule has 2 saturated heterocycles. The molecule has 18 atom stereocenters. The molecule has 14 rings (SSSR count). The molecule has 7 heterocycles. The topological polar surface area (TPSA) is 527 Å². The number of carbonyl (C=O) groups excluding carboxylic acids is 8. The van der Waals surface area contributed by atoms with E-state index in [0.29, 0.717) is 28.8 Å². The van der Waals surface area contributed by atoms with Crippen LogP contribution in [0.4, 0.5) is 0 Å². The summed E-state index contributed by atoms with van der Waals surface area (Å²) in [5.74, 6) is -13.8. The molecule has 7 aliphatic heterocycles. The highest BCUT2D eigenvalue weighted by Crippen LogP contribution is 2.50. The molecule has 21 N–H and O–H groups in total. The molecule has 11 bridgehead atoms. The van der Waals surface area contributed by atoms with E-state index in [1.165, 1.54) is 31.3 Å². The Morgan fingerprint density at radius 1 is 0.669 bits per heavy atom. The molecule has 7 aromatic carbocycles. The third-order valence-corrected chi connectivity index (χ3v) is 23.2. The van der Waals surface area contributed by atoms with Crippen molar-refractivity contribution in [1.29, 1.82) is 0 Å². The zero-order valence-corrected chi connectivity index (χ0v) is 71.1. The van der Waals surface area contributed by atoms with E-state index in [2.05, 4.69) is 47.9 Å². The minimum absolute atomic E-state index is 0.00392. The number of amides is 8. The summed E-state index contributed by atoms with van der Waals surface area (Å²) < 4.78 is 46.0. The third-order valence-electron chi connectivity index (χ3n) is 21.9. The Morgan fingerprint density at radius 2 is 1.31 bits per heavy atom. The Kier molecular flexibility index (Phi) is 29.8. The van der Waals surface area contributed by atoms with E-state index >= 15 is 24.0 Å². The molecule has 0 saturated carbocycles. The molecule has 8 amide bonds. The number of benzene rings is 7. The van der Waals surface area contributed by atoms with Crippen LogP contribution in [0, 0.1) is 5.92 Å². The number of primary amides is 1. The molecule has 0 aliphatic carbocycles. The maximum absolute atomic E-state index is 16.4. The van der Waals surface area contributed by atoms with Crippen molar-refractivity contribution in [2.24, 2.45) is 17.4 Å². The maximum Gasteiger partial charge on any atom is 0.248 e. The van der Waals surface area contributed by atoms with Gasteiger partial charge in [-0.2, -0.15) is 0 Å². The van der Waals surface area contributed by atoms with E-state index < -0.39 is 220 Å². The highest BCUT2D eigenvalue weighted by Gasteiger charge is 2.52. The minimum atomic E-state index is -2.34. The summed E-state index contributed by atoms with van der Waals surface area (Å²) in [6.07, 6.45) is -17.7. The number of phenols is 3. The smallest absolute Gasteiger partial charge is 0.248 e. The Balaban J connectivity index is 1.02. The summed E-state index contributed by atoms with van der Waals surface area (Å²) in [5.41, 5.74) is 10.2. The number of aliphatic hydroxyl groups excluding tert-OH is 5. The van der Waals surface area contributed by atoms with Crippen LogP contribution in [0.5, 0.6) is 51.7 Å². The second-order valence-corrected chi connectivity index (χ2v) is 33.5. The van der Waals surface area contributed by atoms with Gasteiger partial charge in [-0.05, 0) is 178 Å². The molecule has 0 spiro atoms. The molecule has 124 heavy (non-hydrogen) atoms. The normalized spacial score (nSPS) is 26.1. The number of carbonyl (C=O) groups is 8. The lowest BCUT2D eigenvalue weighted by atomic mass is 9.84. The summed E-state index contributed by atoms with van der Waals surface area (Å²) in [6, 6.07) is 13.0. The number of phenolic OH excluding ortho intramolecular Hbond substituents is 3. The number of likely N-dealkylation sites (N-methyl/N-ethyl adjacent to an activating group) is 1. The molecule has 9 unspecified atom stereocenters. The van der Waals surface area contributed by atoms with Gasteiger partial charge in [-0.25, -0.2) is 0 Å². The lowest BCUT2D eigenvalue weighted by Crippen LogP contribution is -2.65. The zero-order valence-electron chi connectivity index (χ0n) is 68.1. The minimum Gasteiger partial charge on any atom is -0.508 e. The number of nitrogens with zero attached hydrogens (tertiary/aromatic N) is 1. The lowest BCUT2D eigenvalue weighted by molar-refractivity contribution is -0.331. The van der Waals surface area contributed by atoms with Crippen molar-refractivity contribution in [3.63, 3.8) is 0 Å². The molecule has 2 fully saturated rings. The predicted octanol–water partition coefficient (Wildman–Crippen LogP) is 4.77. The molecular formula is C85H98Cl4N12O23. The van der Waals surface area contributed by atoms with Gasteiger partial charge in [0, 0.05) is 48.8 Å². The van der Waals surface area contributed by atoms with Crippen LogP contribution >= 0.6 is 46.4 Å². The number of aliphatic hydroxyl groups is 5. The first-order valence-electron chi connectivity index (χ1n) is 39.8. The lowest BCUT2D eigenvalue weighted by Gasteiger charge is -2.48. The number of nitrogens with two attached hydrogens (primary N) is 2. The second kappa shape index (κ2) is 39.8. The third kappa shape index (κ3) is 21.4. The van der Waals surface area contributed by atoms with Crippen molar-refractivity contribution in [1.82, 2.24) is 52.8 Å². The fourth-order valence-corrected chi connectivity index (χ4v) is 16.0. The van der Waals surface area contributed by atoms with Crippen molar-refractivity contribution in [2.75, 3.05) is 40.8 Å². The van der Waals surface area contributed by atoms with Crippen LogP contribution in [0.2, 0.25) is 20.1 Å². The van der Waals surface area contributed by atoms with Gasteiger partial charge >= 0.3 is 0 Å². The summed E-state index contributed by atoms with van der Waals surface area (Å²) in [6.45, 7) is 7.33. The van der Waals surface area contributed by atoms with E-state index in [4.69, 9.17) is 91.0 Å². The van der Waals surface area contributed by atoms with E-state index in [1.807, 2.05) is 30.9 Å². The van der Waals surface area contributed by atoms with Gasteiger partial charge in [0.15, 0.2) is 23.9 Å². The number of ether oxygens (including phenoxy) is 7. The summed E-state index contributed by atoms with van der Waals surface area (Å²) in [4.78, 5) is 123. The van der Waals surface area contributed by atoms with Gasteiger partial charge in [0.25, 0.3) is 0 Å². The SMILES string of the molecule is CN[C@H](CC(C)C)C(=O)N[C@H]1C(=O)N[C@@H](CC(N)=O)C(=O)N[C@H]2C(=O)N[C@H]3C(=O)N[C@H](C(=O)N[C@@H](C(=O)NCCCN(C)C)c4cc(O)cc(O)c4-c4cc3ccc4O)[C@H](O)c3ccc(c(Cl)c3)Oc3cc2cc(c3OC2OC(CN)C(O)C(O)C2OC2CC(C)(NCc3ccc(OCc4ccc(Cl)c(Cl)c4)cc3)C(O)C(C)O2)Oc2ccc(cc2Cl)[C@H]1O. The number of rotatable bonds is 23. The van der Waals surface area contributed by atoms with Crippen LogP contribution < -0.4 is 78.3 Å². The Hall–Kier alpha value is -10.4. The average Bonchev–Trinajstić information content (AvgIpc) is 0.769. The van der Waals surface area contributed by atoms with Crippen LogP contribution in [-0.4, -0.2) is 213 Å². The Bertz CT molecular complexity index is 5160. The molecule has 35 nitrogen and oxygen atoms in total. The molecule has 7 aliphatic rings. The fraction of sp³-hybridized carbons (Fsp3) is 0.412. The van der Waals surface area contributed by atoms with E-state index in [0.717, 1.165) is 65.7 Å². The largest absolute Gasteiger partial charge is 0.508 e. The van der Waals surface area contributed by atoms with Crippen molar-refractivity contribution in [3.05, 3.63) is 180 Å². The van der Waals surface area contributed by atoms with Gasteiger partial charge in [0.05, 0.1) is 44.8 Å². The van der Waals surface area contributed by atoms with E-state index in [-0.39, 0.29) is 82.8 Å².